The summed E-state index contributed by atoms with van der Waals surface area (Å²) >= 11 is 0. The second-order valence-electron chi connectivity index (χ2n) is 6.25. The van der Waals surface area contributed by atoms with Gasteiger partial charge in [-0.25, -0.2) is 0 Å². The van der Waals surface area contributed by atoms with Gasteiger partial charge in [-0.15, -0.1) is 0 Å². The smallest absolute Gasteiger partial charge is 0.234 e. The van der Waals surface area contributed by atoms with Crippen LogP contribution in [-0.4, -0.2) is 41.2 Å². The molecular weight excluding hydrogens is 314 g/mol. The number of amides is 1. The van der Waals surface area contributed by atoms with Crippen molar-refractivity contribution in [1.29, 1.82) is 0 Å². The molecule has 1 amide bonds. The van der Waals surface area contributed by atoms with Crippen LogP contribution in [0.4, 0.5) is 0 Å². The lowest BCUT2D eigenvalue weighted by molar-refractivity contribution is -0.124. The standard InChI is InChI=1S/C20H19N3O2/c24-18-13-23(11-10-21-18)19(14-6-2-1-3-7-14)20(25)16-12-22-17-9-5-4-8-15(16)17/h1-9,12,19,22H,10-11,13H2,(H,21,24)/t19-/m0/s1. The van der Waals surface area contributed by atoms with E-state index in [-0.39, 0.29) is 18.2 Å². The number of fused-ring (bicyclic) bond motifs is 1. The van der Waals surface area contributed by atoms with E-state index in [0.29, 0.717) is 18.7 Å². The first-order chi connectivity index (χ1) is 12.2. The fraction of sp³-hybridized carbons (Fsp3) is 0.200. The molecule has 5 nitrogen and oxygen atoms in total. The van der Waals surface area contributed by atoms with Crippen LogP contribution in [-0.2, 0) is 4.79 Å². The number of carbonyl (C=O) groups is 2. The molecule has 3 aromatic rings. The van der Waals surface area contributed by atoms with Crippen LogP contribution in [0.5, 0.6) is 0 Å². The number of aromatic amines is 1. The van der Waals surface area contributed by atoms with Crippen LogP contribution >= 0.6 is 0 Å². The van der Waals surface area contributed by atoms with Gasteiger partial charge in [0.15, 0.2) is 5.78 Å². The molecule has 0 unspecified atom stereocenters. The topological polar surface area (TPSA) is 65.2 Å². The Balaban J connectivity index is 1.77. The van der Waals surface area contributed by atoms with Gasteiger partial charge < -0.3 is 10.3 Å². The Morgan fingerprint density at radius 2 is 1.80 bits per heavy atom. The molecule has 1 fully saturated rings. The first-order valence-corrected chi connectivity index (χ1v) is 8.40. The van der Waals surface area contributed by atoms with Crippen LogP contribution in [0.1, 0.15) is 22.0 Å². The summed E-state index contributed by atoms with van der Waals surface area (Å²) in [6.07, 6.45) is 1.77. The van der Waals surface area contributed by atoms with Gasteiger partial charge in [-0.2, -0.15) is 0 Å². The third kappa shape index (κ3) is 2.94. The van der Waals surface area contributed by atoms with Gasteiger partial charge in [-0.05, 0) is 11.6 Å². The summed E-state index contributed by atoms with van der Waals surface area (Å²) in [7, 11) is 0. The maximum Gasteiger partial charge on any atom is 0.234 e. The van der Waals surface area contributed by atoms with E-state index >= 15 is 0 Å². The van der Waals surface area contributed by atoms with E-state index in [1.165, 1.54) is 0 Å². The minimum absolute atomic E-state index is 0.0124. The van der Waals surface area contributed by atoms with Gasteiger partial charge in [-0.1, -0.05) is 48.5 Å². The highest BCUT2D eigenvalue weighted by Gasteiger charge is 2.32. The van der Waals surface area contributed by atoms with E-state index in [1.54, 1.807) is 6.20 Å². The van der Waals surface area contributed by atoms with Crippen molar-refractivity contribution in [2.75, 3.05) is 19.6 Å². The fourth-order valence-electron chi connectivity index (χ4n) is 3.46. The summed E-state index contributed by atoms with van der Waals surface area (Å²) in [5, 5.41) is 3.74. The lowest BCUT2D eigenvalue weighted by atomic mass is 9.95. The lowest BCUT2D eigenvalue weighted by Crippen LogP contribution is -2.50. The van der Waals surface area contributed by atoms with Crippen molar-refractivity contribution in [3.63, 3.8) is 0 Å². The summed E-state index contributed by atoms with van der Waals surface area (Å²) < 4.78 is 0. The maximum atomic E-state index is 13.4. The number of hydrogen-bond acceptors (Lipinski definition) is 3. The minimum Gasteiger partial charge on any atom is -0.360 e. The molecule has 1 aliphatic rings. The van der Waals surface area contributed by atoms with Gasteiger partial charge in [0.2, 0.25) is 5.91 Å². The minimum atomic E-state index is -0.466. The number of hydrogen-bond donors (Lipinski definition) is 2. The van der Waals surface area contributed by atoms with Gasteiger partial charge in [0.05, 0.1) is 12.6 Å². The second-order valence-corrected chi connectivity index (χ2v) is 6.25. The van der Waals surface area contributed by atoms with Crippen LogP contribution in [0.2, 0.25) is 0 Å². The van der Waals surface area contributed by atoms with Crippen LogP contribution in [0.15, 0.2) is 60.8 Å². The van der Waals surface area contributed by atoms with Crippen molar-refractivity contribution < 1.29 is 9.59 Å². The summed E-state index contributed by atoms with van der Waals surface area (Å²) in [4.78, 5) is 30.4. The van der Waals surface area contributed by atoms with Gasteiger partial charge >= 0.3 is 0 Å². The Labute approximate surface area is 145 Å². The number of aromatic nitrogens is 1. The normalized spacial score (nSPS) is 16.6. The molecule has 0 saturated carbocycles. The molecular formula is C20H19N3O2. The zero-order valence-corrected chi connectivity index (χ0v) is 13.7. The van der Waals surface area contributed by atoms with E-state index in [9.17, 15) is 9.59 Å². The number of carbonyl (C=O) groups excluding carboxylic acids is 2. The number of nitrogens with one attached hydrogen (secondary N) is 2. The Hall–Kier alpha value is -2.92. The van der Waals surface area contributed by atoms with Gasteiger partial charge in [0.25, 0.3) is 0 Å². The highest BCUT2D eigenvalue weighted by atomic mass is 16.2. The Morgan fingerprint density at radius 1 is 1.04 bits per heavy atom. The van der Waals surface area contributed by atoms with Crippen molar-refractivity contribution in [2.45, 2.75) is 6.04 Å². The van der Waals surface area contributed by atoms with Crippen molar-refractivity contribution in [2.24, 2.45) is 0 Å². The zero-order chi connectivity index (χ0) is 17.2. The molecule has 1 atom stereocenters. The van der Waals surface area contributed by atoms with E-state index in [4.69, 9.17) is 0 Å². The number of nitrogens with zero attached hydrogens (tertiary/aromatic N) is 1. The molecule has 5 heteroatoms. The number of rotatable bonds is 4. The number of Topliss-reactive ketones (excluding diaryl/α,β-unsaturated/α-hetero) is 1. The van der Waals surface area contributed by atoms with Gasteiger partial charge in [0.1, 0.15) is 0 Å². The largest absolute Gasteiger partial charge is 0.360 e. The molecule has 0 bridgehead atoms. The first kappa shape index (κ1) is 15.6. The van der Waals surface area contributed by atoms with Crippen LogP contribution in [0.3, 0.4) is 0 Å². The zero-order valence-electron chi connectivity index (χ0n) is 13.7. The number of H-pyrrole nitrogens is 1. The van der Waals surface area contributed by atoms with Crippen molar-refractivity contribution in [3.8, 4) is 0 Å². The molecule has 2 heterocycles. The number of ketones is 1. The van der Waals surface area contributed by atoms with Crippen LogP contribution in [0.25, 0.3) is 10.9 Å². The van der Waals surface area contributed by atoms with Crippen LogP contribution < -0.4 is 5.32 Å². The molecule has 0 aliphatic carbocycles. The Morgan fingerprint density at radius 3 is 2.60 bits per heavy atom. The van der Waals surface area contributed by atoms with Gasteiger partial charge in [0, 0.05) is 35.8 Å². The third-order valence-corrected chi connectivity index (χ3v) is 4.65. The lowest BCUT2D eigenvalue weighted by Gasteiger charge is -2.33. The number of piperazine rings is 1. The average molecular weight is 333 g/mol. The Kier molecular flexibility index (Phi) is 4.07. The first-order valence-electron chi connectivity index (χ1n) is 8.40. The highest BCUT2D eigenvalue weighted by molar-refractivity contribution is 6.10. The molecule has 2 N–H and O–H groups in total. The quantitative estimate of drug-likeness (QED) is 0.721. The molecule has 126 valence electrons. The molecule has 1 aliphatic heterocycles. The van der Waals surface area contributed by atoms with E-state index < -0.39 is 6.04 Å². The molecule has 0 radical (unpaired) electrons. The molecule has 0 spiro atoms. The van der Waals surface area contributed by atoms with E-state index in [2.05, 4.69) is 10.3 Å². The van der Waals surface area contributed by atoms with E-state index in [0.717, 1.165) is 16.5 Å². The summed E-state index contributed by atoms with van der Waals surface area (Å²) in [6.45, 7) is 1.44. The second kappa shape index (κ2) is 6.53. The predicted octanol–water partition coefficient (Wildman–Crippen LogP) is 2.52. The molecule has 4 rings (SSSR count). The van der Waals surface area contributed by atoms with Crippen molar-refractivity contribution in [1.82, 2.24) is 15.2 Å². The number of para-hydroxylation sites is 1. The fourth-order valence-corrected chi connectivity index (χ4v) is 3.46. The average Bonchev–Trinajstić information content (AvgIpc) is 3.07. The summed E-state index contributed by atoms with van der Waals surface area (Å²) in [5.41, 5.74) is 2.51. The van der Waals surface area contributed by atoms with E-state index in [1.807, 2.05) is 59.5 Å². The monoisotopic (exact) mass is 333 g/mol. The molecule has 1 saturated heterocycles. The van der Waals surface area contributed by atoms with Gasteiger partial charge in [-0.3, -0.25) is 14.5 Å². The van der Waals surface area contributed by atoms with Crippen LogP contribution in [0, 0.1) is 0 Å². The molecule has 2 aromatic carbocycles. The molecule has 25 heavy (non-hydrogen) atoms. The third-order valence-electron chi connectivity index (χ3n) is 4.65. The summed E-state index contributed by atoms with van der Waals surface area (Å²) in [5.74, 6) is -0.0303. The predicted molar refractivity (Wildman–Crippen MR) is 96.4 cm³/mol. The Bertz CT molecular complexity index is 917. The SMILES string of the molecule is O=C1CN([C@H](C(=O)c2c[nH]c3ccccc23)c2ccccc2)CCN1. The maximum absolute atomic E-state index is 13.4. The highest BCUT2D eigenvalue weighted by Crippen LogP contribution is 2.29. The number of benzene rings is 2. The van der Waals surface area contributed by atoms with Crippen molar-refractivity contribution >= 4 is 22.6 Å². The summed E-state index contributed by atoms with van der Waals surface area (Å²) in [6, 6.07) is 17.0. The molecule has 1 aromatic heterocycles. The van der Waals surface area contributed by atoms with Crippen molar-refractivity contribution in [3.05, 3.63) is 71.9 Å².